The fourth-order valence-corrected chi connectivity index (χ4v) is 4.32. The summed E-state index contributed by atoms with van der Waals surface area (Å²) in [5, 5.41) is 6.86. The Morgan fingerprint density at radius 3 is 2.66 bits per heavy atom. The van der Waals surface area contributed by atoms with Crippen LogP contribution in [0.3, 0.4) is 0 Å². The third-order valence-corrected chi connectivity index (χ3v) is 6.26. The molecule has 3 N–H and O–H groups in total. The van der Waals surface area contributed by atoms with Gasteiger partial charge in [0.1, 0.15) is 5.82 Å². The Labute approximate surface area is 186 Å². The summed E-state index contributed by atoms with van der Waals surface area (Å²) in [5.74, 6) is -0.762. The van der Waals surface area contributed by atoms with E-state index in [0.717, 1.165) is 54.6 Å². The van der Waals surface area contributed by atoms with E-state index >= 15 is 0 Å². The molecule has 0 spiro atoms. The minimum absolute atomic E-state index is 0.109. The highest BCUT2D eigenvalue weighted by molar-refractivity contribution is 5.94. The van der Waals surface area contributed by atoms with Gasteiger partial charge in [0.25, 0.3) is 11.5 Å². The van der Waals surface area contributed by atoms with Crippen LogP contribution < -0.4 is 11.3 Å². The van der Waals surface area contributed by atoms with E-state index < -0.39 is 5.82 Å². The molecule has 2 heterocycles. The molecule has 1 aliphatic heterocycles. The maximum atomic E-state index is 14.5. The van der Waals surface area contributed by atoms with Gasteiger partial charge in [-0.15, -0.1) is 0 Å². The highest BCUT2D eigenvalue weighted by Crippen LogP contribution is 2.23. The van der Waals surface area contributed by atoms with Crippen LogP contribution >= 0.6 is 0 Å². The molecule has 1 aromatic heterocycles. The summed E-state index contributed by atoms with van der Waals surface area (Å²) in [4.78, 5) is 37.5. The van der Waals surface area contributed by atoms with Crippen LogP contribution in [0.25, 0.3) is 0 Å². The summed E-state index contributed by atoms with van der Waals surface area (Å²) in [7, 11) is 2.03. The molecule has 0 radical (unpaired) electrons. The number of hydrogen-bond donors (Lipinski definition) is 2. The lowest BCUT2D eigenvalue weighted by atomic mass is 9.90. The highest BCUT2D eigenvalue weighted by Gasteiger charge is 2.27. The fourth-order valence-electron chi connectivity index (χ4n) is 4.32. The number of carbonyl (C=O) groups excluding carboxylic acids is 2. The number of fused-ring (bicyclic) bond motifs is 1. The summed E-state index contributed by atoms with van der Waals surface area (Å²) in [6, 6.07) is 4.94. The van der Waals surface area contributed by atoms with Crippen molar-refractivity contribution < 1.29 is 14.0 Å². The van der Waals surface area contributed by atoms with Crippen molar-refractivity contribution in [1.82, 2.24) is 20.0 Å². The van der Waals surface area contributed by atoms with Crippen molar-refractivity contribution in [2.45, 2.75) is 45.1 Å². The first-order valence-electron chi connectivity index (χ1n) is 10.9. The number of halogens is 1. The minimum Gasteiger partial charge on any atom is -0.372 e. The lowest BCUT2D eigenvalue weighted by molar-refractivity contribution is -0.106. The van der Waals surface area contributed by atoms with Gasteiger partial charge in [0.15, 0.2) is 0 Å². The average molecular weight is 444 g/mol. The zero-order valence-corrected chi connectivity index (χ0v) is 18.6. The predicted molar refractivity (Wildman–Crippen MR) is 119 cm³/mol. The molecule has 1 atom stereocenters. The van der Waals surface area contributed by atoms with Crippen LogP contribution in [0.5, 0.6) is 0 Å². The Morgan fingerprint density at radius 1 is 1.28 bits per heavy atom. The van der Waals surface area contributed by atoms with Gasteiger partial charge in [-0.25, -0.2) is 9.49 Å². The second kappa shape index (κ2) is 10.5. The molecular formula is C23H30FN5O3. The van der Waals surface area contributed by atoms with Gasteiger partial charge in [-0.3, -0.25) is 14.4 Å². The number of H-pyrrole nitrogens is 1. The van der Waals surface area contributed by atoms with E-state index in [0.29, 0.717) is 19.5 Å². The summed E-state index contributed by atoms with van der Waals surface area (Å²) in [6.45, 7) is 4.03. The minimum atomic E-state index is -0.498. The molecule has 4 rings (SSSR count). The van der Waals surface area contributed by atoms with E-state index in [1.165, 1.54) is 6.07 Å². The number of nitrogens with one attached hydrogen (secondary N) is 1. The van der Waals surface area contributed by atoms with Crippen LogP contribution in [-0.4, -0.2) is 65.0 Å². The SMILES string of the molecule is CC1CN(C(=O)c2cc(Cc3n[nH]c(=O)c4c3CCCC4)ccc2F)CCN1C.NC=O. The Bertz CT molecular complexity index is 1040. The number of piperazine rings is 1. The number of likely N-dealkylation sites (N-methyl/N-ethyl adjacent to an activating group) is 1. The molecule has 0 saturated carbocycles. The standard InChI is InChI=1S/C22H27FN4O2.CH3NO/c1-14-13-27(10-9-26(14)2)22(29)18-11-15(7-8-19(18)23)12-20-16-5-3-4-6-17(16)21(28)25-24-20;2-1-3/h7-8,11,14H,3-6,9-10,12-13H2,1-2H3,(H,25,28);1H,(H2,2,3). The third-order valence-electron chi connectivity index (χ3n) is 6.26. The van der Waals surface area contributed by atoms with Crippen molar-refractivity contribution in [3.8, 4) is 0 Å². The molecule has 8 nitrogen and oxygen atoms in total. The van der Waals surface area contributed by atoms with Crippen molar-refractivity contribution >= 4 is 12.3 Å². The summed E-state index contributed by atoms with van der Waals surface area (Å²) < 4.78 is 14.5. The summed E-state index contributed by atoms with van der Waals surface area (Å²) >= 11 is 0. The molecule has 0 bridgehead atoms. The van der Waals surface area contributed by atoms with Crippen LogP contribution in [-0.2, 0) is 24.1 Å². The van der Waals surface area contributed by atoms with Gasteiger partial charge in [-0.1, -0.05) is 6.07 Å². The number of amides is 2. The van der Waals surface area contributed by atoms with Crippen molar-refractivity contribution in [2.75, 3.05) is 26.7 Å². The molecule has 1 saturated heterocycles. The Morgan fingerprint density at radius 2 is 1.97 bits per heavy atom. The number of primary amides is 1. The Kier molecular flexibility index (Phi) is 7.74. The normalized spacial score (nSPS) is 18.3. The molecule has 1 aliphatic carbocycles. The van der Waals surface area contributed by atoms with Crippen molar-refractivity contribution in [2.24, 2.45) is 5.73 Å². The van der Waals surface area contributed by atoms with Crippen LogP contribution in [0, 0.1) is 5.82 Å². The number of carbonyl (C=O) groups is 2. The highest BCUT2D eigenvalue weighted by atomic mass is 19.1. The Hall–Kier alpha value is -3.07. The monoisotopic (exact) mass is 443 g/mol. The molecule has 1 aromatic carbocycles. The molecular weight excluding hydrogens is 413 g/mol. The molecule has 1 fully saturated rings. The van der Waals surface area contributed by atoms with Gasteiger partial charge in [0.05, 0.1) is 11.3 Å². The molecule has 2 amide bonds. The van der Waals surface area contributed by atoms with E-state index in [2.05, 4.69) is 27.8 Å². The van der Waals surface area contributed by atoms with Crippen molar-refractivity contribution in [3.63, 3.8) is 0 Å². The first kappa shape index (κ1) is 23.6. The first-order chi connectivity index (χ1) is 15.3. The molecule has 2 aliphatic rings. The molecule has 9 heteroatoms. The third kappa shape index (κ3) is 5.21. The van der Waals surface area contributed by atoms with E-state index in [1.807, 2.05) is 7.05 Å². The van der Waals surface area contributed by atoms with Crippen LogP contribution in [0.1, 0.15) is 52.5 Å². The lowest BCUT2D eigenvalue weighted by Gasteiger charge is -2.37. The first-order valence-corrected chi connectivity index (χ1v) is 10.9. The molecule has 32 heavy (non-hydrogen) atoms. The maximum Gasteiger partial charge on any atom is 0.267 e. The lowest BCUT2D eigenvalue weighted by Crippen LogP contribution is -2.52. The van der Waals surface area contributed by atoms with Crippen molar-refractivity contribution in [3.05, 3.63) is 62.3 Å². The quantitative estimate of drug-likeness (QED) is 0.694. The van der Waals surface area contributed by atoms with Crippen LogP contribution in [0.4, 0.5) is 4.39 Å². The van der Waals surface area contributed by atoms with Crippen molar-refractivity contribution in [1.29, 1.82) is 0 Å². The number of aromatic amines is 1. The van der Waals surface area contributed by atoms with Gasteiger partial charge in [-0.05, 0) is 62.9 Å². The van der Waals surface area contributed by atoms with E-state index in [-0.39, 0.29) is 29.5 Å². The molecule has 172 valence electrons. The van der Waals surface area contributed by atoms with Crippen LogP contribution in [0.2, 0.25) is 0 Å². The second-order valence-corrected chi connectivity index (χ2v) is 8.37. The van der Waals surface area contributed by atoms with Gasteiger partial charge in [-0.2, -0.15) is 5.10 Å². The Balaban J connectivity index is 0.000000913. The van der Waals surface area contributed by atoms with Gasteiger partial charge < -0.3 is 15.5 Å². The van der Waals surface area contributed by atoms with E-state index in [1.54, 1.807) is 17.0 Å². The summed E-state index contributed by atoms with van der Waals surface area (Å²) in [5.41, 5.74) is 7.65. The van der Waals surface area contributed by atoms with Gasteiger partial charge in [0.2, 0.25) is 6.41 Å². The summed E-state index contributed by atoms with van der Waals surface area (Å²) in [6.07, 6.45) is 4.39. The topological polar surface area (TPSA) is 112 Å². The zero-order valence-electron chi connectivity index (χ0n) is 18.6. The zero-order chi connectivity index (χ0) is 23.3. The average Bonchev–Trinajstić information content (AvgIpc) is 2.79. The number of rotatable bonds is 3. The fraction of sp³-hybridized carbons (Fsp3) is 0.478. The largest absolute Gasteiger partial charge is 0.372 e. The number of nitrogens with two attached hydrogens (primary N) is 1. The maximum absolute atomic E-state index is 14.5. The van der Waals surface area contributed by atoms with E-state index in [9.17, 15) is 14.0 Å². The number of hydrogen-bond acceptors (Lipinski definition) is 5. The second-order valence-electron chi connectivity index (χ2n) is 8.37. The molecule has 2 aromatic rings. The van der Waals surface area contributed by atoms with Gasteiger partial charge in [0, 0.05) is 37.7 Å². The number of benzene rings is 1. The van der Waals surface area contributed by atoms with E-state index in [4.69, 9.17) is 4.79 Å². The molecule has 1 unspecified atom stereocenters. The predicted octanol–water partition coefficient (Wildman–Crippen LogP) is 1.26. The number of nitrogens with zero attached hydrogens (tertiary/aromatic N) is 3. The number of aromatic nitrogens is 2. The van der Waals surface area contributed by atoms with Gasteiger partial charge >= 0.3 is 0 Å². The van der Waals surface area contributed by atoms with Crippen LogP contribution in [0.15, 0.2) is 23.0 Å². The smallest absolute Gasteiger partial charge is 0.267 e.